The Hall–Kier alpha value is -2.12. The second-order valence-corrected chi connectivity index (χ2v) is 7.77. The van der Waals surface area contributed by atoms with Crippen LogP contribution in [-0.4, -0.2) is 92.1 Å². The van der Waals surface area contributed by atoms with Gasteiger partial charge in [-0.2, -0.15) is 0 Å². The molecule has 3 aliphatic rings. The number of ether oxygens (including phenoxy) is 1. The fourth-order valence-electron chi connectivity index (χ4n) is 4.48. The predicted molar refractivity (Wildman–Crippen MR) is 109 cm³/mol. The summed E-state index contributed by atoms with van der Waals surface area (Å²) >= 11 is 0. The van der Waals surface area contributed by atoms with Crippen LogP contribution in [0.3, 0.4) is 0 Å². The molecule has 2 fully saturated rings. The number of hydrogen-bond acceptors (Lipinski definition) is 4. The maximum Gasteiger partial charge on any atom is 0.242 e. The van der Waals surface area contributed by atoms with E-state index < -0.39 is 0 Å². The van der Waals surface area contributed by atoms with Crippen molar-refractivity contribution in [1.82, 2.24) is 20.0 Å². The van der Waals surface area contributed by atoms with Gasteiger partial charge < -0.3 is 19.9 Å². The zero-order chi connectivity index (χ0) is 19.3. The first-order valence-corrected chi connectivity index (χ1v) is 10.4. The van der Waals surface area contributed by atoms with E-state index in [1.54, 1.807) is 7.05 Å². The molecule has 152 valence electrons. The predicted octanol–water partition coefficient (Wildman–Crippen LogP) is 0.553. The molecule has 3 heterocycles. The van der Waals surface area contributed by atoms with E-state index in [9.17, 15) is 4.79 Å². The van der Waals surface area contributed by atoms with Gasteiger partial charge in [0.05, 0.1) is 19.8 Å². The molecule has 1 amide bonds. The molecule has 7 nitrogen and oxygen atoms in total. The highest BCUT2D eigenvalue weighted by molar-refractivity contribution is 5.86. The van der Waals surface area contributed by atoms with Crippen LogP contribution < -0.4 is 5.32 Å². The average Bonchev–Trinajstić information content (AvgIpc) is 3.24. The summed E-state index contributed by atoms with van der Waals surface area (Å²) < 4.78 is 5.47. The van der Waals surface area contributed by atoms with Crippen LogP contribution in [0.25, 0.3) is 0 Å². The van der Waals surface area contributed by atoms with Gasteiger partial charge in [0.1, 0.15) is 0 Å². The van der Waals surface area contributed by atoms with Crippen LogP contribution in [0.4, 0.5) is 0 Å². The van der Waals surface area contributed by atoms with Gasteiger partial charge >= 0.3 is 0 Å². The molecule has 0 aliphatic carbocycles. The highest BCUT2D eigenvalue weighted by Gasteiger charge is 2.30. The number of likely N-dealkylation sites (tertiary alicyclic amines) is 1. The molecule has 0 spiro atoms. The van der Waals surface area contributed by atoms with E-state index in [1.807, 2.05) is 11.0 Å². The average molecular weight is 386 g/mol. The number of rotatable bonds is 3. The Balaban J connectivity index is 1.27. The molecule has 0 radical (unpaired) electrons. The zero-order valence-corrected chi connectivity index (χ0v) is 16.8. The smallest absolute Gasteiger partial charge is 0.242 e. The number of nitrogens with one attached hydrogen (secondary N) is 1. The van der Waals surface area contributed by atoms with Crippen molar-refractivity contribution in [2.75, 3.05) is 59.5 Å². The number of carbonyl (C=O) groups excluding carboxylic acids is 1. The van der Waals surface area contributed by atoms with Crippen LogP contribution in [0, 0.1) is 0 Å². The van der Waals surface area contributed by atoms with E-state index in [1.165, 1.54) is 11.1 Å². The van der Waals surface area contributed by atoms with E-state index in [-0.39, 0.29) is 5.91 Å². The van der Waals surface area contributed by atoms with Crippen LogP contribution in [-0.2, 0) is 22.5 Å². The van der Waals surface area contributed by atoms with Gasteiger partial charge in [-0.25, -0.2) is 0 Å². The standard InChI is InChI=1S/C21H31N5O2/c1-22-21(26-9-7-19(16-26)24-10-12-28-13-11-24)23-14-20(27)25-8-6-17-4-2-3-5-18(17)15-25/h2-5,19H,6-16H2,1H3,(H,22,23). The van der Waals surface area contributed by atoms with Crippen LogP contribution in [0.15, 0.2) is 29.3 Å². The number of morpholine rings is 1. The summed E-state index contributed by atoms with van der Waals surface area (Å²) in [4.78, 5) is 23.9. The lowest BCUT2D eigenvalue weighted by Gasteiger charge is -2.32. The maximum absolute atomic E-state index is 12.7. The summed E-state index contributed by atoms with van der Waals surface area (Å²) in [5, 5.41) is 3.30. The van der Waals surface area contributed by atoms with E-state index >= 15 is 0 Å². The number of guanidine groups is 1. The molecular formula is C21H31N5O2. The number of carbonyl (C=O) groups is 1. The minimum Gasteiger partial charge on any atom is -0.379 e. The van der Waals surface area contributed by atoms with Gasteiger partial charge in [0, 0.05) is 52.4 Å². The van der Waals surface area contributed by atoms with Crippen molar-refractivity contribution in [3.05, 3.63) is 35.4 Å². The molecule has 3 aliphatic heterocycles. The third-order valence-electron chi connectivity index (χ3n) is 6.12. The fraction of sp³-hybridized carbons (Fsp3) is 0.619. The fourth-order valence-corrected chi connectivity index (χ4v) is 4.48. The van der Waals surface area contributed by atoms with Crippen molar-refractivity contribution >= 4 is 11.9 Å². The number of benzene rings is 1. The molecule has 1 atom stereocenters. The monoisotopic (exact) mass is 385 g/mol. The molecule has 0 aromatic heterocycles. The number of amides is 1. The van der Waals surface area contributed by atoms with Crippen molar-refractivity contribution < 1.29 is 9.53 Å². The lowest BCUT2D eigenvalue weighted by molar-refractivity contribution is -0.130. The number of hydrogen-bond donors (Lipinski definition) is 1. The van der Waals surface area contributed by atoms with Gasteiger partial charge in [-0.05, 0) is 24.0 Å². The van der Waals surface area contributed by atoms with Gasteiger partial charge in [-0.15, -0.1) is 0 Å². The maximum atomic E-state index is 12.7. The zero-order valence-electron chi connectivity index (χ0n) is 16.8. The number of nitrogens with zero attached hydrogens (tertiary/aromatic N) is 4. The van der Waals surface area contributed by atoms with Crippen LogP contribution in [0.1, 0.15) is 17.5 Å². The van der Waals surface area contributed by atoms with Crippen molar-refractivity contribution in [3.63, 3.8) is 0 Å². The number of aliphatic imine (C=N–C) groups is 1. The molecule has 0 bridgehead atoms. The first-order chi connectivity index (χ1) is 13.7. The lowest BCUT2D eigenvalue weighted by atomic mass is 10.00. The molecule has 4 rings (SSSR count). The van der Waals surface area contributed by atoms with Crippen molar-refractivity contribution in [3.8, 4) is 0 Å². The van der Waals surface area contributed by atoms with Gasteiger partial charge in [0.15, 0.2) is 5.96 Å². The largest absolute Gasteiger partial charge is 0.379 e. The van der Waals surface area contributed by atoms with Gasteiger partial charge in [-0.1, -0.05) is 24.3 Å². The van der Waals surface area contributed by atoms with E-state index in [0.29, 0.717) is 19.1 Å². The molecule has 7 heteroatoms. The highest BCUT2D eigenvalue weighted by Crippen LogP contribution is 2.19. The van der Waals surface area contributed by atoms with E-state index in [2.05, 4.69) is 38.3 Å². The molecule has 2 saturated heterocycles. The lowest BCUT2D eigenvalue weighted by Crippen LogP contribution is -2.48. The Morgan fingerprint density at radius 1 is 1.14 bits per heavy atom. The van der Waals surface area contributed by atoms with Crippen LogP contribution >= 0.6 is 0 Å². The summed E-state index contributed by atoms with van der Waals surface area (Å²) in [6.45, 7) is 7.43. The van der Waals surface area contributed by atoms with Crippen molar-refractivity contribution in [1.29, 1.82) is 0 Å². The minimum atomic E-state index is 0.138. The first kappa shape index (κ1) is 19.2. The number of fused-ring (bicyclic) bond motifs is 1. The summed E-state index contributed by atoms with van der Waals surface area (Å²) in [5.41, 5.74) is 2.63. The topological polar surface area (TPSA) is 60.4 Å². The Labute approximate surface area is 167 Å². The summed E-state index contributed by atoms with van der Waals surface area (Å²) in [7, 11) is 1.80. The molecule has 1 aromatic carbocycles. The molecule has 1 N–H and O–H groups in total. The van der Waals surface area contributed by atoms with Crippen LogP contribution in [0.2, 0.25) is 0 Å². The van der Waals surface area contributed by atoms with E-state index in [0.717, 1.165) is 64.7 Å². The molecule has 0 saturated carbocycles. The van der Waals surface area contributed by atoms with E-state index in [4.69, 9.17) is 4.74 Å². The Morgan fingerprint density at radius 3 is 2.71 bits per heavy atom. The summed E-state index contributed by atoms with van der Waals surface area (Å²) in [6.07, 6.45) is 2.07. The van der Waals surface area contributed by atoms with Crippen molar-refractivity contribution in [2.24, 2.45) is 4.99 Å². The van der Waals surface area contributed by atoms with Crippen LogP contribution in [0.5, 0.6) is 0 Å². The van der Waals surface area contributed by atoms with Crippen molar-refractivity contribution in [2.45, 2.75) is 25.4 Å². The summed E-state index contributed by atoms with van der Waals surface area (Å²) in [6, 6.07) is 8.96. The third kappa shape index (κ3) is 4.31. The summed E-state index contributed by atoms with van der Waals surface area (Å²) in [5.74, 6) is 0.973. The van der Waals surface area contributed by atoms with Gasteiger partial charge in [0.25, 0.3) is 0 Å². The third-order valence-corrected chi connectivity index (χ3v) is 6.12. The second kappa shape index (κ2) is 8.92. The molecule has 1 unspecified atom stereocenters. The highest BCUT2D eigenvalue weighted by atomic mass is 16.5. The second-order valence-electron chi connectivity index (χ2n) is 7.77. The first-order valence-electron chi connectivity index (χ1n) is 10.4. The quantitative estimate of drug-likeness (QED) is 0.608. The minimum absolute atomic E-state index is 0.138. The Morgan fingerprint density at radius 2 is 1.93 bits per heavy atom. The normalized spacial score (nSPS) is 23.6. The Kier molecular flexibility index (Phi) is 6.12. The van der Waals surface area contributed by atoms with Gasteiger partial charge in [0.2, 0.25) is 5.91 Å². The van der Waals surface area contributed by atoms with Gasteiger partial charge in [-0.3, -0.25) is 14.7 Å². The Bertz CT molecular complexity index is 717. The molecular weight excluding hydrogens is 354 g/mol. The SMILES string of the molecule is CN=C(NCC(=O)N1CCc2ccccc2C1)N1CCC(N2CCOCC2)C1. The molecule has 28 heavy (non-hydrogen) atoms. The molecule has 1 aromatic rings.